The SMILES string of the molecule is O=C(CN1CN(c2ccccc2)C2(CCN(C(=O)c3cccc(C(F)(F)F)c3)CC2)C1=O)Nc1cccc(Cl)c1. The van der Waals surface area contributed by atoms with Crippen molar-refractivity contribution in [2.24, 2.45) is 0 Å². The quantitative estimate of drug-likeness (QED) is 0.453. The van der Waals surface area contributed by atoms with Crippen molar-refractivity contribution in [1.82, 2.24) is 9.80 Å². The fraction of sp³-hybridized carbons (Fsp3) is 0.276. The zero-order chi connectivity index (χ0) is 28.5. The Hall–Kier alpha value is -4.05. The summed E-state index contributed by atoms with van der Waals surface area (Å²) in [6.45, 7) is 0.343. The van der Waals surface area contributed by atoms with Crippen LogP contribution in [0.3, 0.4) is 0 Å². The topological polar surface area (TPSA) is 73.0 Å². The molecule has 3 amide bonds. The summed E-state index contributed by atoms with van der Waals surface area (Å²) < 4.78 is 39.5. The minimum absolute atomic E-state index is 0.0530. The molecule has 0 aromatic heterocycles. The van der Waals surface area contributed by atoms with Gasteiger partial charge < -0.3 is 20.0 Å². The van der Waals surface area contributed by atoms with Crippen molar-refractivity contribution in [3.63, 3.8) is 0 Å². The number of hydrogen-bond donors (Lipinski definition) is 1. The third kappa shape index (κ3) is 5.49. The van der Waals surface area contributed by atoms with Crippen LogP contribution in [0.5, 0.6) is 0 Å². The molecule has 208 valence electrons. The molecule has 0 aliphatic carbocycles. The number of anilines is 2. The zero-order valence-electron chi connectivity index (χ0n) is 21.3. The summed E-state index contributed by atoms with van der Waals surface area (Å²) in [5, 5.41) is 3.23. The van der Waals surface area contributed by atoms with E-state index in [1.807, 2.05) is 35.2 Å². The number of halogens is 4. The van der Waals surface area contributed by atoms with E-state index in [2.05, 4.69) is 5.32 Å². The van der Waals surface area contributed by atoms with Crippen molar-refractivity contribution in [2.45, 2.75) is 24.6 Å². The molecule has 2 aliphatic rings. The summed E-state index contributed by atoms with van der Waals surface area (Å²) in [7, 11) is 0. The molecule has 0 atom stereocenters. The monoisotopic (exact) mass is 570 g/mol. The molecule has 40 heavy (non-hydrogen) atoms. The van der Waals surface area contributed by atoms with Crippen LogP contribution >= 0.6 is 11.6 Å². The molecular formula is C29H26ClF3N4O3. The van der Waals surface area contributed by atoms with Gasteiger partial charge in [0.2, 0.25) is 5.91 Å². The molecule has 3 aromatic carbocycles. The molecule has 0 radical (unpaired) electrons. The average molecular weight is 571 g/mol. The lowest BCUT2D eigenvalue weighted by molar-refractivity contribution is -0.137. The highest BCUT2D eigenvalue weighted by Crippen LogP contribution is 2.40. The van der Waals surface area contributed by atoms with Gasteiger partial charge in [0, 0.05) is 35.1 Å². The van der Waals surface area contributed by atoms with Crippen LogP contribution < -0.4 is 10.2 Å². The van der Waals surface area contributed by atoms with Gasteiger partial charge in [-0.15, -0.1) is 0 Å². The molecule has 7 nitrogen and oxygen atoms in total. The standard InChI is InChI=1S/C29H26ClF3N4O3/c30-22-8-5-9-23(17-22)34-25(38)18-36-19-37(24-10-2-1-3-11-24)28(27(36)40)12-14-35(15-13-28)26(39)20-6-4-7-21(16-20)29(31,32)33/h1-11,16-17H,12-15,18-19H2,(H,34,38). The first-order valence-corrected chi connectivity index (χ1v) is 13.1. The second-order valence-corrected chi connectivity index (χ2v) is 10.3. The third-order valence-corrected chi connectivity index (χ3v) is 7.57. The average Bonchev–Trinajstić information content (AvgIpc) is 3.19. The molecule has 1 spiro atoms. The summed E-state index contributed by atoms with van der Waals surface area (Å²) in [5.41, 5.74) is -0.628. The van der Waals surface area contributed by atoms with Crippen molar-refractivity contribution in [3.8, 4) is 0 Å². The van der Waals surface area contributed by atoms with Crippen LogP contribution in [0.25, 0.3) is 0 Å². The molecule has 2 aliphatic heterocycles. The Labute approximate surface area is 234 Å². The number of rotatable bonds is 5. The Morgan fingerprint density at radius 2 is 1.62 bits per heavy atom. The summed E-state index contributed by atoms with van der Waals surface area (Å²) >= 11 is 6.01. The number of amides is 3. The van der Waals surface area contributed by atoms with E-state index in [0.717, 1.165) is 17.8 Å². The van der Waals surface area contributed by atoms with Gasteiger partial charge in [-0.25, -0.2) is 0 Å². The maximum absolute atomic E-state index is 13.9. The Bertz CT molecular complexity index is 1430. The minimum atomic E-state index is -4.56. The molecule has 5 rings (SSSR count). The maximum atomic E-state index is 13.9. The van der Waals surface area contributed by atoms with E-state index >= 15 is 0 Å². The zero-order valence-corrected chi connectivity index (χ0v) is 22.1. The smallest absolute Gasteiger partial charge is 0.339 e. The molecular weight excluding hydrogens is 545 g/mol. The number of alkyl halides is 3. The van der Waals surface area contributed by atoms with Crippen molar-refractivity contribution < 1.29 is 27.6 Å². The summed E-state index contributed by atoms with van der Waals surface area (Å²) in [6.07, 6.45) is -4.03. The Morgan fingerprint density at radius 1 is 0.925 bits per heavy atom. The highest BCUT2D eigenvalue weighted by molar-refractivity contribution is 6.30. The second kappa shape index (κ2) is 10.8. The fourth-order valence-electron chi connectivity index (χ4n) is 5.35. The molecule has 2 fully saturated rings. The lowest BCUT2D eigenvalue weighted by Gasteiger charge is -2.43. The molecule has 2 saturated heterocycles. The van der Waals surface area contributed by atoms with Crippen LogP contribution in [0.1, 0.15) is 28.8 Å². The van der Waals surface area contributed by atoms with Gasteiger partial charge in [-0.1, -0.05) is 41.9 Å². The summed E-state index contributed by atoms with van der Waals surface area (Å²) in [4.78, 5) is 44.7. The van der Waals surface area contributed by atoms with Crippen LogP contribution in [-0.4, -0.2) is 59.4 Å². The summed E-state index contributed by atoms with van der Waals surface area (Å²) in [5.74, 6) is -1.13. The Morgan fingerprint density at radius 3 is 2.30 bits per heavy atom. The second-order valence-electron chi connectivity index (χ2n) is 9.87. The van der Waals surface area contributed by atoms with E-state index in [9.17, 15) is 27.6 Å². The molecule has 1 N–H and O–H groups in total. The lowest BCUT2D eigenvalue weighted by atomic mass is 9.85. The largest absolute Gasteiger partial charge is 0.416 e. The van der Waals surface area contributed by atoms with Crippen molar-refractivity contribution in [3.05, 3.63) is 95.0 Å². The predicted molar refractivity (Wildman–Crippen MR) is 145 cm³/mol. The number of nitrogens with zero attached hydrogens (tertiary/aromatic N) is 3. The number of carbonyl (C=O) groups excluding carboxylic acids is 3. The van der Waals surface area contributed by atoms with Gasteiger partial charge in [-0.05, 0) is 61.4 Å². The van der Waals surface area contributed by atoms with E-state index in [1.54, 1.807) is 24.3 Å². The van der Waals surface area contributed by atoms with E-state index in [0.29, 0.717) is 10.7 Å². The van der Waals surface area contributed by atoms with Crippen LogP contribution in [0.15, 0.2) is 78.9 Å². The van der Waals surface area contributed by atoms with Gasteiger partial charge in [0.05, 0.1) is 12.2 Å². The third-order valence-electron chi connectivity index (χ3n) is 7.34. The van der Waals surface area contributed by atoms with Crippen molar-refractivity contribution >= 4 is 40.7 Å². The minimum Gasteiger partial charge on any atom is -0.339 e. The Kier molecular flexibility index (Phi) is 7.46. The predicted octanol–water partition coefficient (Wildman–Crippen LogP) is 5.28. The molecule has 2 heterocycles. The number of para-hydroxylation sites is 1. The number of piperidine rings is 1. The van der Waals surface area contributed by atoms with E-state index in [-0.39, 0.29) is 56.5 Å². The summed E-state index contributed by atoms with van der Waals surface area (Å²) in [6, 6.07) is 20.4. The lowest BCUT2D eigenvalue weighted by Crippen LogP contribution is -2.57. The van der Waals surface area contributed by atoms with Crippen molar-refractivity contribution in [1.29, 1.82) is 0 Å². The number of nitrogens with one attached hydrogen (secondary N) is 1. The first-order chi connectivity index (χ1) is 19.1. The van der Waals surface area contributed by atoms with Crippen molar-refractivity contribution in [2.75, 3.05) is 36.5 Å². The van der Waals surface area contributed by atoms with Crippen LogP contribution in [0.4, 0.5) is 24.5 Å². The van der Waals surface area contributed by atoms with Gasteiger partial charge in [0.25, 0.3) is 11.8 Å². The van der Waals surface area contributed by atoms with Gasteiger partial charge in [0.1, 0.15) is 12.1 Å². The van der Waals surface area contributed by atoms with Crippen LogP contribution in [-0.2, 0) is 15.8 Å². The fourth-order valence-corrected chi connectivity index (χ4v) is 5.54. The van der Waals surface area contributed by atoms with E-state index in [4.69, 9.17) is 11.6 Å². The van der Waals surface area contributed by atoms with Gasteiger partial charge >= 0.3 is 6.18 Å². The first kappa shape index (κ1) is 27.5. The number of likely N-dealkylation sites (tertiary alicyclic amines) is 1. The normalized spacial score (nSPS) is 16.9. The van der Waals surface area contributed by atoms with E-state index in [1.165, 1.54) is 21.9 Å². The Balaban J connectivity index is 1.34. The first-order valence-electron chi connectivity index (χ1n) is 12.7. The van der Waals surface area contributed by atoms with Crippen LogP contribution in [0.2, 0.25) is 5.02 Å². The number of hydrogen-bond acceptors (Lipinski definition) is 4. The van der Waals surface area contributed by atoms with Crippen LogP contribution in [0, 0.1) is 0 Å². The molecule has 3 aromatic rings. The molecule has 0 unspecified atom stereocenters. The number of benzene rings is 3. The number of carbonyl (C=O) groups is 3. The highest BCUT2D eigenvalue weighted by atomic mass is 35.5. The van der Waals surface area contributed by atoms with Gasteiger partial charge in [-0.3, -0.25) is 14.4 Å². The van der Waals surface area contributed by atoms with Gasteiger partial charge in [-0.2, -0.15) is 13.2 Å². The molecule has 11 heteroatoms. The van der Waals surface area contributed by atoms with Gasteiger partial charge in [0.15, 0.2) is 0 Å². The molecule has 0 bridgehead atoms. The highest BCUT2D eigenvalue weighted by Gasteiger charge is 2.54. The maximum Gasteiger partial charge on any atom is 0.416 e. The van der Waals surface area contributed by atoms with E-state index < -0.39 is 23.2 Å². The molecule has 0 saturated carbocycles.